The number of para-hydroxylation sites is 1. The van der Waals surface area contributed by atoms with Crippen LogP contribution in [0.2, 0.25) is 5.02 Å². The molecule has 0 saturated carbocycles. The molecule has 9 heteroatoms. The molecule has 8 nitrogen and oxygen atoms in total. The van der Waals surface area contributed by atoms with Gasteiger partial charge in [0.15, 0.2) is 0 Å². The Kier molecular flexibility index (Phi) is 6.84. The van der Waals surface area contributed by atoms with E-state index in [2.05, 4.69) is 16.0 Å². The van der Waals surface area contributed by atoms with Gasteiger partial charge in [-0.1, -0.05) is 29.8 Å². The summed E-state index contributed by atoms with van der Waals surface area (Å²) in [4.78, 5) is 35.4. The van der Waals surface area contributed by atoms with Gasteiger partial charge in [-0.05, 0) is 48.9 Å². The maximum absolute atomic E-state index is 12.7. The number of non-ortho nitro benzene ring substituents is 1. The first-order valence-corrected chi connectivity index (χ1v) is 9.66. The summed E-state index contributed by atoms with van der Waals surface area (Å²) >= 11 is 5.86. The molecule has 0 aliphatic carbocycles. The predicted molar refractivity (Wildman–Crippen MR) is 121 cm³/mol. The summed E-state index contributed by atoms with van der Waals surface area (Å²) in [7, 11) is 0. The number of rotatable bonds is 7. The summed E-state index contributed by atoms with van der Waals surface area (Å²) in [6.07, 6.45) is 0. The molecule has 3 rings (SSSR count). The molecule has 0 heterocycles. The first-order valence-electron chi connectivity index (χ1n) is 9.28. The summed E-state index contributed by atoms with van der Waals surface area (Å²) in [6, 6.07) is 17.7. The Morgan fingerprint density at radius 3 is 2.39 bits per heavy atom. The average molecular weight is 439 g/mol. The molecule has 0 aromatic heterocycles. The van der Waals surface area contributed by atoms with E-state index in [4.69, 9.17) is 11.6 Å². The monoisotopic (exact) mass is 438 g/mol. The standard InChI is InChI=1S/C22H19ClN4O4/c1-14-6-11-17(27(30)31)12-20(14)26-21(28)13-24-19-5-3-2-4-18(19)22(29)25-16-9-7-15(23)8-10-16/h2-12,24H,13H2,1H3,(H,25,29)(H,26,28). The van der Waals surface area contributed by atoms with Crippen LogP contribution in [0.4, 0.5) is 22.7 Å². The third kappa shape index (κ3) is 5.80. The van der Waals surface area contributed by atoms with Crippen molar-refractivity contribution in [2.75, 3.05) is 22.5 Å². The van der Waals surface area contributed by atoms with Crippen molar-refractivity contribution in [1.29, 1.82) is 0 Å². The average Bonchev–Trinajstić information content (AvgIpc) is 2.75. The van der Waals surface area contributed by atoms with Crippen molar-refractivity contribution >= 4 is 46.2 Å². The first-order chi connectivity index (χ1) is 14.8. The lowest BCUT2D eigenvalue weighted by Crippen LogP contribution is -2.23. The lowest BCUT2D eigenvalue weighted by Gasteiger charge is -2.13. The number of aryl methyl sites for hydroxylation is 1. The molecule has 0 spiro atoms. The number of nitrogens with one attached hydrogen (secondary N) is 3. The SMILES string of the molecule is Cc1ccc([N+](=O)[O-])cc1NC(=O)CNc1ccccc1C(=O)Nc1ccc(Cl)cc1. The maximum Gasteiger partial charge on any atom is 0.271 e. The highest BCUT2D eigenvalue weighted by molar-refractivity contribution is 6.30. The van der Waals surface area contributed by atoms with E-state index >= 15 is 0 Å². The molecule has 0 atom stereocenters. The van der Waals surface area contributed by atoms with Crippen LogP contribution < -0.4 is 16.0 Å². The topological polar surface area (TPSA) is 113 Å². The number of hydrogen-bond donors (Lipinski definition) is 3. The Balaban J connectivity index is 1.66. The molecule has 3 aromatic rings. The number of halogens is 1. The van der Waals surface area contributed by atoms with Gasteiger partial charge in [0.2, 0.25) is 5.91 Å². The van der Waals surface area contributed by atoms with Crippen molar-refractivity contribution < 1.29 is 14.5 Å². The van der Waals surface area contributed by atoms with Crippen LogP contribution in [0.3, 0.4) is 0 Å². The molecule has 2 amide bonds. The molecule has 0 aliphatic rings. The van der Waals surface area contributed by atoms with Gasteiger partial charge in [-0.25, -0.2) is 0 Å². The van der Waals surface area contributed by atoms with E-state index in [0.29, 0.717) is 33.2 Å². The lowest BCUT2D eigenvalue weighted by molar-refractivity contribution is -0.384. The molecule has 3 N–H and O–H groups in total. The second-order valence-corrected chi connectivity index (χ2v) is 7.10. The highest BCUT2D eigenvalue weighted by atomic mass is 35.5. The van der Waals surface area contributed by atoms with Crippen LogP contribution in [0.5, 0.6) is 0 Å². The fraction of sp³-hybridized carbons (Fsp3) is 0.0909. The number of benzene rings is 3. The number of nitro groups is 1. The Bertz CT molecular complexity index is 1130. The molecule has 0 aliphatic heterocycles. The third-order valence-corrected chi connectivity index (χ3v) is 4.67. The fourth-order valence-electron chi connectivity index (χ4n) is 2.80. The summed E-state index contributed by atoms with van der Waals surface area (Å²) < 4.78 is 0. The molecule has 0 fully saturated rings. The van der Waals surface area contributed by atoms with Crippen LogP contribution in [0.25, 0.3) is 0 Å². The van der Waals surface area contributed by atoms with Crippen LogP contribution in [0, 0.1) is 17.0 Å². The van der Waals surface area contributed by atoms with Gasteiger partial charge in [-0.3, -0.25) is 19.7 Å². The second kappa shape index (κ2) is 9.73. The van der Waals surface area contributed by atoms with Crippen LogP contribution in [-0.4, -0.2) is 23.3 Å². The number of anilines is 3. The first kappa shape index (κ1) is 21.8. The largest absolute Gasteiger partial charge is 0.376 e. The second-order valence-electron chi connectivity index (χ2n) is 6.66. The summed E-state index contributed by atoms with van der Waals surface area (Å²) in [5.74, 6) is -0.753. The van der Waals surface area contributed by atoms with Gasteiger partial charge in [0.25, 0.3) is 11.6 Å². The highest BCUT2D eigenvalue weighted by Gasteiger charge is 2.14. The van der Waals surface area contributed by atoms with E-state index < -0.39 is 10.8 Å². The minimum absolute atomic E-state index is 0.113. The number of hydrogen-bond acceptors (Lipinski definition) is 5. The zero-order valence-corrected chi connectivity index (χ0v) is 17.3. The molecule has 0 radical (unpaired) electrons. The quantitative estimate of drug-likeness (QED) is 0.360. The van der Waals surface area contributed by atoms with Crippen molar-refractivity contribution in [1.82, 2.24) is 0 Å². The maximum atomic E-state index is 12.7. The minimum atomic E-state index is -0.525. The molecule has 3 aromatic carbocycles. The summed E-state index contributed by atoms with van der Waals surface area (Å²) in [6.45, 7) is 1.61. The Hall–Kier alpha value is -3.91. The predicted octanol–water partition coefficient (Wildman–Crippen LogP) is 4.86. The van der Waals surface area contributed by atoms with Gasteiger partial charge in [-0.15, -0.1) is 0 Å². The van der Waals surface area contributed by atoms with E-state index in [9.17, 15) is 19.7 Å². The number of nitrogens with zero attached hydrogens (tertiary/aromatic N) is 1. The minimum Gasteiger partial charge on any atom is -0.376 e. The van der Waals surface area contributed by atoms with Crippen molar-refractivity contribution in [3.05, 3.63) is 93.0 Å². The lowest BCUT2D eigenvalue weighted by atomic mass is 10.1. The number of amides is 2. The van der Waals surface area contributed by atoms with E-state index in [-0.39, 0.29) is 18.1 Å². The van der Waals surface area contributed by atoms with E-state index in [1.165, 1.54) is 12.1 Å². The zero-order valence-electron chi connectivity index (χ0n) is 16.5. The summed E-state index contributed by atoms with van der Waals surface area (Å²) in [5.41, 5.74) is 2.36. The molecule has 0 bridgehead atoms. The van der Waals surface area contributed by atoms with Crippen LogP contribution in [-0.2, 0) is 4.79 Å². The Morgan fingerprint density at radius 2 is 1.68 bits per heavy atom. The van der Waals surface area contributed by atoms with E-state index in [0.717, 1.165) is 0 Å². The molecular weight excluding hydrogens is 420 g/mol. The number of nitro benzene ring substituents is 1. The van der Waals surface area contributed by atoms with E-state index in [1.54, 1.807) is 61.5 Å². The fourth-order valence-corrected chi connectivity index (χ4v) is 2.92. The van der Waals surface area contributed by atoms with Gasteiger partial charge >= 0.3 is 0 Å². The van der Waals surface area contributed by atoms with Gasteiger partial charge in [0, 0.05) is 28.5 Å². The van der Waals surface area contributed by atoms with Gasteiger partial charge in [0.1, 0.15) is 0 Å². The Labute approximate surface area is 183 Å². The molecular formula is C22H19ClN4O4. The van der Waals surface area contributed by atoms with Crippen molar-refractivity contribution in [3.8, 4) is 0 Å². The third-order valence-electron chi connectivity index (χ3n) is 4.42. The normalized spacial score (nSPS) is 10.3. The van der Waals surface area contributed by atoms with Crippen molar-refractivity contribution in [2.45, 2.75) is 6.92 Å². The van der Waals surface area contributed by atoms with Crippen molar-refractivity contribution in [2.24, 2.45) is 0 Å². The van der Waals surface area contributed by atoms with E-state index in [1.807, 2.05) is 0 Å². The molecule has 0 unspecified atom stereocenters. The smallest absolute Gasteiger partial charge is 0.271 e. The van der Waals surface area contributed by atoms with Crippen LogP contribution in [0.15, 0.2) is 66.7 Å². The highest BCUT2D eigenvalue weighted by Crippen LogP contribution is 2.22. The molecule has 31 heavy (non-hydrogen) atoms. The van der Waals surface area contributed by atoms with Crippen molar-refractivity contribution in [3.63, 3.8) is 0 Å². The zero-order chi connectivity index (χ0) is 22.4. The molecule has 158 valence electrons. The molecule has 0 saturated heterocycles. The van der Waals surface area contributed by atoms with Crippen LogP contribution in [0.1, 0.15) is 15.9 Å². The summed E-state index contributed by atoms with van der Waals surface area (Å²) in [5, 5.41) is 19.9. The van der Waals surface area contributed by atoms with Gasteiger partial charge in [0.05, 0.1) is 22.7 Å². The number of carbonyl (C=O) groups is 2. The van der Waals surface area contributed by atoms with Gasteiger partial charge in [-0.2, -0.15) is 0 Å². The number of carbonyl (C=O) groups excluding carboxylic acids is 2. The van der Waals surface area contributed by atoms with Crippen LogP contribution >= 0.6 is 11.6 Å². The Morgan fingerprint density at radius 1 is 0.968 bits per heavy atom. The van der Waals surface area contributed by atoms with Gasteiger partial charge < -0.3 is 16.0 Å².